The predicted octanol–water partition coefficient (Wildman–Crippen LogP) is 1.96. The fourth-order valence-electron chi connectivity index (χ4n) is 3.69. The molecule has 2 aliphatic rings. The van der Waals surface area contributed by atoms with Crippen LogP contribution in [0.2, 0.25) is 0 Å². The summed E-state index contributed by atoms with van der Waals surface area (Å²) in [4.78, 5) is 39.0. The molecule has 2 saturated heterocycles. The van der Waals surface area contributed by atoms with Crippen molar-refractivity contribution in [2.24, 2.45) is 0 Å². The zero-order valence-electron chi connectivity index (χ0n) is 16.9. The van der Waals surface area contributed by atoms with Crippen LogP contribution in [0.3, 0.4) is 0 Å². The molecule has 3 heterocycles. The Labute approximate surface area is 172 Å². The lowest BCUT2D eigenvalue weighted by atomic mass is 9.85. The molecular formula is C19H26F3N3O5. The molecule has 11 heteroatoms. The van der Waals surface area contributed by atoms with Crippen molar-refractivity contribution in [3.8, 4) is 0 Å². The van der Waals surface area contributed by atoms with E-state index < -0.39 is 12.1 Å². The number of carboxylic acid groups (broad SMARTS) is 1. The maximum atomic E-state index is 12.3. The Balaban J connectivity index is 0.000000396. The Kier molecular flexibility index (Phi) is 7.51. The number of hydrogen-bond donors (Lipinski definition) is 1. The largest absolute Gasteiger partial charge is 0.490 e. The van der Waals surface area contributed by atoms with E-state index >= 15 is 0 Å². The molecule has 2 fully saturated rings. The second kappa shape index (κ2) is 9.50. The maximum absolute atomic E-state index is 12.3. The number of amides is 2. The number of piperidine rings is 1. The number of furan rings is 1. The highest BCUT2D eigenvalue weighted by Gasteiger charge is 2.47. The molecular weight excluding hydrogens is 407 g/mol. The zero-order chi connectivity index (χ0) is 22.5. The Morgan fingerprint density at radius 1 is 1.23 bits per heavy atom. The summed E-state index contributed by atoms with van der Waals surface area (Å²) in [6.45, 7) is 3.00. The van der Waals surface area contributed by atoms with Crippen LogP contribution >= 0.6 is 0 Å². The van der Waals surface area contributed by atoms with E-state index in [1.54, 1.807) is 31.5 Å². The third-order valence-corrected chi connectivity index (χ3v) is 5.49. The molecule has 0 aliphatic carbocycles. The van der Waals surface area contributed by atoms with E-state index in [1.807, 2.05) is 11.0 Å². The summed E-state index contributed by atoms with van der Waals surface area (Å²) in [5.41, 5.74) is 1.07. The van der Waals surface area contributed by atoms with Crippen LogP contribution in [-0.2, 0) is 20.9 Å². The third-order valence-electron chi connectivity index (χ3n) is 5.49. The summed E-state index contributed by atoms with van der Waals surface area (Å²) in [7, 11) is 3.48. The van der Waals surface area contributed by atoms with E-state index in [4.69, 9.17) is 14.3 Å². The first-order chi connectivity index (χ1) is 13.9. The second-order valence-corrected chi connectivity index (χ2v) is 7.70. The van der Waals surface area contributed by atoms with Gasteiger partial charge >= 0.3 is 12.1 Å². The van der Waals surface area contributed by atoms with Crippen LogP contribution in [0.15, 0.2) is 23.0 Å². The maximum Gasteiger partial charge on any atom is 0.490 e. The van der Waals surface area contributed by atoms with E-state index in [0.717, 1.165) is 38.9 Å². The number of hydrogen-bond acceptors (Lipinski definition) is 5. The lowest BCUT2D eigenvalue weighted by Gasteiger charge is -2.45. The van der Waals surface area contributed by atoms with Gasteiger partial charge in [-0.15, -0.1) is 0 Å². The Hall–Kier alpha value is -2.56. The number of alkyl halides is 3. The van der Waals surface area contributed by atoms with Gasteiger partial charge in [-0.05, 0) is 25.3 Å². The number of likely N-dealkylation sites (N-methyl/N-ethyl adjacent to an activating group) is 1. The van der Waals surface area contributed by atoms with E-state index in [9.17, 15) is 22.8 Å². The van der Waals surface area contributed by atoms with Gasteiger partial charge in [0.25, 0.3) is 0 Å². The Morgan fingerprint density at radius 2 is 1.83 bits per heavy atom. The molecule has 2 aliphatic heterocycles. The number of aliphatic carboxylic acids is 1. The number of carbonyl (C=O) groups is 3. The molecule has 0 unspecified atom stereocenters. The quantitative estimate of drug-likeness (QED) is 0.780. The van der Waals surface area contributed by atoms with E-state index in [2.05, 4.69) is 4.90 Å². The molecule has 168 valence electrons. The van der Waals surface area contributed by atoms with Gasteiger partial charge in [-0.2, -0.15) is 13.2 Å². The number of carbonyl (C=O) groups excluding carboxylic acids is 2. The molecule has 3 rings (SSSR count). The minimum absolute atomic E-state index is 0.000418. The number of rotatable bonds is 4. The topological polar surface area (TPSA) is 94.3 Å². The van der Waals surface area contributed by atoms with Gasteiger partial charge in [0, 0.05) is 51.3 Å². The molecule has 1 aromatic rings. The highest BCUT2D eigenvalue weighted by atomic mass is 19.4. The zero-order valence-corrected chi connectivity index (χ0v) is 16.9. The third kappa shape index (κ3) is 5.97. The fourth-order valence-corrected chi connectivity index (χ4v) is 3.69. The van der Waals surface area contributed by atoms with E-state index in [1.165, 1.54) is 5.56 Å². The van der Waals surface area contributed by atoms with Crippen molar-refractivity contribution >= 4 is 17.8 Å². The van der Waals surface area contributed by atoms with Gasteiger partial charge in [0.15, 0.2) is 0 Å². The van der Waals surface area contributed by atoms with Gasteiger partial charge < -0.3 is 19.3 Å². The minimum Gasteiger partial charge on any atom is -0.475 e. The van der Waals surface area contributed by atoms with Gasteiger partial charge in [-0.25, -0.2) is 4.79 Å². The van der Waals surface area contributed by atoms with Crippen molar-refractivity contribution < 1.29 is 37.1 Å². The van der Waals surface area contributed by atoms with Crippen molar-refractivity contribution in [2.45, 2.75) is 43.9 Å². The number of likely N-dealkylation sites (tertiary alicyclic amines) is 2. The first-order valence-corrected chi connectivity index (χ1v) is 9.49. The van der Waals surface area contributed by atoms with Crippen LogP contribution in [0.1, 0.15) is 31.2 Å². The molecule has 0 saturated carbocycles. The molecule has 1 spiro atoms. The average Bonchev–Trinajstić information content (AvgIpc) is 3.27. The smallest absolute Gasteiger partial charge is 0.475 e. The van der Waals surface area contributed by atoms with Gasteiger partial charge in [0.05, 0.1) is 12.5 Å². The van der Waals surface area contributed by atoms with E-state index in [0.29, 0.717) is 6.42 Å². The second-order valence-electron chi connectivity index (χ2n) is 7.70. The molecule has 0 bridgehead atoms. The lowest BCUT2D eigenvalue weighted by Crippen LogP contribution is -2.55. The van der Waals surface area contributed by atoms with Crippen LogP contribution in [0.5, 0.6) is 0 Å². The standard InChI is InChI=1S/C17H25N3O3.C2HF3O2/c1-18(2)16(22)12-20-15(21)3-5-17(20)6-8-19(9-7-17)11-14-4-10-23-13-14;3-2(4,5)1(6)7/h4,10,13H,3,5-9,11-12H2,1-2H3;(H,6,7). The summed E-state index contributed by atoms with van der Waals surface area (Å²) in [6, 6.07) is 1.99. The lowest BCUT2D eigenvalue weighted by molar-refractivity contribution is -0.192. The van der Waals surface area contributed by atoms with Crippen molar-refractivity contribution in [3.05, 3.63) is 24.2 Å². The van der Waals surface area contributed by atoms with Crippen LogP contribution in [-0.4, -0.2) is 83.0 Å². The molecule has 0 radical (unpaired) electrons. The van der Waals surface area contributed by atoms with Gasteiger partial charge in [0.2, 0.25) is 11.8 Å². The molecule has 8 nitrogen and oxygen atoms in total. The summed E-state index contributed by atoms with van der Waals surface area (Å²) >= 11 is 0. The fraction of sp³-hybridized carbons (Fsp3) is 0.632. The van der Waals surface area contributed by atoms with Crippen molar-refractivity contribution in [3.63, 3.8) is 0 Å². The Morgan fingerprint density at radius 3 is 2.30 bits per heavy atom. The summed E-state index contributed by atoms with van der Waals surface area (Å²) in [6.07, 6.45) is 1.74. The van der Waals surface area contributed by atoms with Crippen LogP contribution in [0, 0.1) is 0 Å². The molecule has 0 atom stereocenters. The number of halogens is 3. The van der Waals surface area contributed by atoms with Gasteiger partial charge in [0.1, 0.15) is 6.54 Å². The highest BCUT2D eigenvalue weighted by molar-refractivity contribution is 5.86. The van der Waals surface area contributed by atoms with E-state index in [-0.39, 0.29) is 23.9 Å². The normalized spacial score (nSPS) is 18.8. The average molecular weight is 433 g/mol. The molecule has 1 aromatic heterocycles. The Bertz CT molecular complexity index is 741. The number of carboxylic acids is 1. The van der Waals surface area contributed by atoms with Gasteiger partial charge in [-0.1, -0.05) is 0 Å². The van der Waals surface area contributed by atoms with Crippen molar-refractivity contribution in [2.75, 3.05) is 33.7 Å². The molecule has 1 N–H and O–H groups in total. The summed E-state index contributed by atoms with van der Waals surface area (Å²) < 4.78 is 36.9. The highest BCUT2D eigenvalue weighted by Crippen LogP contribution is 2.39. The predicted molar refractivity (Wildman–Crippen MR) is 99.3 cm³/mol. The minimum atomic E-state index is -5.08. The first-order valence-electron chi connectivity index (χ1n) is 9.49. The van der Waals surface area contributed by atoms with Crippen LogP contribution < -0.4 is 0 Å². The van der Waals surface area contributed by atoms with Crippen LogP contribution in [0.25, 0.3) is 0 Å². The summed E-state index contributed by atoms with van der Waals surface area (Å²) in [5.74, 6) is -2.63. The van der Waals surface area contributed by atoms with Crippen molar-refractivity contribution in [1.29, 1.82) is 0 Å². The number of nitrogens with zero attached hydrogens (tertiary/aromatic N) is 3. The van der Waals surface area contributed by atoms with Crippen LogP contribution in [0.4, 0.5) is 13.2 Å². The molecule has 30 heavy (non-hydrogen) atoms. The SMILES string of the molecule is CN(C)C(=O)CN1C(=O)CCC12CCN(Cc1ccoc1)CC2.O=C(O)C(F)(F)F. The van der Waals surface area contributed by atoms with Crippen molar-refractivity contribution in [1.82, 2.24) is 14.7 Å². The summed E-state index contributed by atoms with van der Waals surface area (Å²) in [5, 5.41) is 7.12. The van der Waals surface area contributed by atoms with Gasteiger partial charge in [-0.3, -0.25) is 14.5 Å². The molecule has 2 amide bonds. The monoisotopic (exact) mass is 433 g/mol. The molecule has 0 aromatic carbocycles. The first kappa shape index (κ1) is 23.7.